The first-order valence-corrected chi connectivity index (χ1v) is 11.0. The minimum Gasteiger partial charge on any atom is -0.455 e. The smallest absolute Gasteiger partial charge is 0.338 e. The van der Waals surface area contributed by atoms with Crippen molar-refractivity contribution in [2.75, 3.05) is 0 Å². The van der Waals surface area contributed by atoms with Crippen LogP contribution in [0, 0.1) is 23.7 Å². The number of hydrogen-bond acceptors (Lipinski definition) is 3. The first kappa shape index (κ1) is 18.3. The maximum absolute atomic E-state index is 13.2. The largest absolute Gasteiger partial charge is 0.455 e. The van der Waals surface area contributed by atoms with Crippen molar-refractivity contribution < 1.29 is 14.3 Å². The minimum absolute atomic E-state index is 0.0549. The van der Waals surface area contributed by atoms with Crippen molar-refractivity contribution in [1.82, 2.24) is 4.98 Å². The van der Waals surface area contributed by atoms with Crippen molar-refractivity contribution >= 4 is 45.3 Å². The fourth-order valence-electron chi connectivity index (χ4n) is 6.79. The SMILES string of the molecule is NC(=O)C1C2CC3CC1CC(OC(=O)c1ccc4[nH]c5ccc(Cl)cc5c4c1)(C3)C2. The second kappa shape index (κ2) is 6.24. The Morgan fingerprint density at radius 2 is 1.67 bits per heavy atom. The molecule has 5 nitrogen and oxygen atoms in total. The number of aromatic nitrogens is 1. The number of halogens is 1. The number of aromatic amines is 1. The zero-order valence-electron chi connectivity index (χ0n) is 16.5. The van der Waals surface area contributed by atoms with Crippen LogP contribution in [0.1, 0.15) is 42.5 Å². The molecule has 3 N–H and O–H groups in total. The number of carbonyl (C=O) groups is 2. The first-order chi connectivity index (χ1) is 14.4. The summed E-state index contributed by atoms with van der Waals surface area (Å²) < 4.78 is 6.20. The highest BCUT2D eigenvalue weighted by Crippen LogP contribution is 2.59. The van der Waals surface area contributed by atoms with Crippen LogP contribution in [0.5, 0.6) is 0 Å². The molecule has 0 aliphatic heterocycles. The van der Waals surface area contributed by atoms with Crippen molar-refractivity contribution in [3.05, 3.63) is 47.0 Å². The third kappa shape index (κ3) is 2.68. The maximum atomic E-state index is 13.2. The highest BCUT2D eigenvalue weighted by molar-refractivity contribution is 6.31. The molecule has 154 valence electrons. The van der Waals surface area contributed by atoms with Crippen LogP contribution in [0.2, 0.25) is 5.02 Å². The van der Waals surface area contributed by atoms with Crippen molar-refractivity contribution in [3.63, 3.8) is 0 Å². The molecule has 1 amide bonds. The van der Waals surface area contributed by atoms with E-state index in [-0.39, 0.29) is 29.6 Å². The number of H-pyrrole nitrogens is 1. The number of nitrogens with one attached hydrogen (secondary N) is 1. The van der Waals surface area contributed by atoms with E-state index in [4.69, 9.17) is 22.1 Å². The van der Waals surface area contributed by atoms with E-state index in [9.17, 15) is 9.59 Å². The van der Waals surface area contributed by atoms with Gasteiger partial charge in [-0.2, -0.15) is 0 Å². The number of carbonyl (C=O) groups excluding carboxylic acids is 2. The predicted octanol–water partition coefficient (Wildman–Crippen LogP) is 4.81. The number of hydrogen-bond donors (Lipinski definition) is 2. The molecule has 30 heavy (non-hydrogen) atoms. The molecular formula is C24H23ClN2O3. The van der Waals surface area contributed by atoms with Crippen LogP contribution < -0.4 is 5.73 Å². The summed E-state index contributed by atoms with van der Waals surface area (Å²) in [6.07, 6.45) is 4.48. The number of benzene rings is 2. The molecule has 7 rings (SSSR count). The van der Waals surface area contributed by atoms with Crippen molar-refractivity contribution in [2.24, 2.45) is 29.4 Å². The molecule has 0 radical (unpaired) electrons. The molecule has 2 atom stereocenters. The van der Waals surface area contributed by atoms with Gasteiger partial charge in [0.1, 0.15) is 5.60 Å². The van der Waals surface area contributed by atoms with Crippen LogP contribution in [0.3, 0.4) is 0 Å². The minimum atomic E-state index is -0.446. The lowest BCUT2D eigenvalue weighted by Crippen LogP contribution is -2.58. The fourth-order valence-corrected chi connectivity index (χ4v) is 6.96. The molecule has 2 aromatic carbocycles. The molecular weight excluding hydrogens is 400 g/mol. The maximum Gasteiger partial charge on any atom is 0.338 e. The summed E-state index contributed by atoms with van der Waals surface area (Å²) in [5.74, 6) is 0.504. The van der Waals surface area contributed by atoms with Crippen LogP contribution >= 0.6 is 11.6 Å². The van der Waals surface area contributed by atoms with Gasteiger partial charge in [-0.15, -0.1) is 0 Å². The molecule has 4 fully saturated rings. The number of esters is 1. The topological polar surface area (TPSA) is 85.2 Å². The molecule has 4 bridgehead atoms. The van der Waals surface area contributed by atoms with Crippen molar-refractivity contribution in [2.45, 2.75) is 37.7 Å². The van der Waals surface area contributed by atoms with Crippen LogP contribution in [0.4, 0.5) is 0 Å². The van der Waals surface area contributed by atoms with E-state index in [2.05, 4.69) is 4.98 Å². The van der Waals surface area contributed by atoms with Crippen LogP contribution in [0.15, 0.2) is 36.4 Å². The van der Waals surface area contributed by atoms with Crippen molar-refractivity contribution in [1.29, 1.82) is 0 Å². The Kier molecular flexibility index (Phi) is 3.80. The molecule has 1 aromatic heterocycles. The summed E-state index contributed by atoms with van der Waals surface area (Å²) in [5.41, 5.74) is 7.74. The monoisotopic (exact) mass is 422 g/mol. The highest BCUT2D eigenvalue weighted by atomic mass is 35.5. The summed E-state index contributed by atoms with van der Waals surface area (Å²) in [6, 6.07) is 11.3. The van der Waals surface area contributed by atoms with Gasteiger partial charge in [0.15, 0.2) is 0 Å². The molecule has 6 heteroatoms. The molecule has 2 unspecified atom stereocenters. The Hall–Kier alpha value is -2.53. The summed E-state index contributed by atoms with van der Waals surface area (Å²) >= 11 is 6.18. The van der Waals surface area contributed by atoms with E-state index in [1.807, 2.05) is 36.4 Å². The first-order valence-electron chi connectivity index (χ1n) is 10.6. The van der Waals surface area contributed by atoms with Crippen LogP contribution in [0.25, 0.3) is 21.8 Å². The lowest BCUT2D eigenvalue weighted by atomic mass is 9.50. The van der Waals surface area contributed by atoms with E-state index in [0.29, 0.717) is 16.5 Å². The quantitative estimate of drug-likeness (QED) is 0.594. The second-order valence-corrected chi connectivity index (χ2v) is 9.98. The van der Waals surface area contributed by atoms with E-state index in [1.54, 1.807) is 0 Å². The van der Waals surface area contributed by atoms with Gasteiger partial charge in [-0.3, -0.25) is 4.79 Å². The van der Waals surface area contributed by atoms with Gasteiger partial charge in [-0.25, -0.2) is 4.79 Å². The van der Waals surface area contributed by atoms with Gasteiger partial charge in [-0.05, 0) is 86.3 Å². The second-order valence-electron chi connectivity index (χ2n) is 9.55. The van der Waals surface area contributed by atoms with Crippen molar-refractivity contribution in [3.8, 4) is 0 Å². The predicted molar refractivity (Wildman–Crippen MR) is 115 cm³/mol. The van der Waals surface area contributed by atoms with Gasteiger partial charge in [0.2, 0.25) is 5.91 Å². The van der Waals surface area contributed by atoms with Gasteiger partial charge < -0.3 is 15.5 Å². The number of nitrogens with two attached hydrogens (primary N) is 1. The van der Waals surface area contributed by atoms with E-state index in [0.717, 1.165) is 53.9 Å². The molecule has 0 saturated heterocycles. The Morgan fingerprint density at radius 3 is 2.37 bits per heavy atom. The van der Waals surface area contributed by atoms with Gasteiger partial charge in [0.05, 0.1) is 5.56 Å². The number of amides is 1. The summed E-state index contributed by atoms with van der Waals surface area (Å²) in [4.78, 5) is 28.5. The number of rotatable bonds is 3. The number of ether oxygens (including phenoxy) is 1. The molecule has 4 saturated carbocycles. The zero-order chi connectivity index (χ0) is 20.6. The van der Waals surface area contributed by atoms with Crippen LogP contribution in [-0.2, 0) is 9.53 Å². The zero-order valence-corrected chi connectivity index (χ0v) is 17.2. The Bertz CT molecular complexity index is 1200. The van der Waals surface area contributed by atoms with Gasteiger partial charge in [-0.1, -0.05) is 11.6 Å². The Balaban J connectivity index is 1.31. The van der Waals surface area contributed by atoms with Gasteiger partial charge in [0.25, 0.3) is 0 Å². The average molecular weight is 423 g/mol. The Labute approximate surface area is 178 Å². The fraction of sp³-hybridized carbons (Fsp3) is 0.417. The summed E-state index contributed by atoms with van der Waals surface area (Å²) in [6.45, 7) is 0. The van der Waals surface area contributed by atoms with Crippen LogP contribution in [-0.4, -0.2) is 22.5 Å². The van der Waals surface area contributed by atoms with E-state index >= 15 is 0 Å². The summed E-state index contributed by atoms with van der Waals surface area (Å²) in [7, 11) is 0. The number of fused-ring (bicyclic) bond motifs is 3. The number of primary amides is 1. The lowest BCUT2D eigenvalue weighted by Gasteiger charge is -2.58. The standard InChI is InChI=1S/C24H23ClN2O3/c25-16-2-4-20-18(8-16)17-7-13(1-3-19(17)27-20)23(29)30-24-9-12-5-14(10-24)21(22(26)28)15(6-12)11-24/h1-4,7-8,12,14-15,21,27H,5-6,9-11H2,(H2,26,28). The Morgan fingerprint density at radius 1 is 1.00 bits per heavy atom. The molecule has 1 heterocycles. The highest BCUT2D eigenvalue weighted by Gasteiger charge is 2.58. The molecule has 3 aromatic rings. The molecule has 0 spiro atoms. The summed E-state index contributed by atoms with van der Waals surface area (Å²) in [5, 5.41) is 2.61. The van der Waals surface area contributed by atoms with E-state index in [1.165, 1.54) is 0 Å². The lowest BCUT2D eigenvalue weighted by molar-refractivity contribution is -0.165. The average Bonchev–Trinajstić information content (AvgIpc) is 3.03. The molecule has 4 aliphatic rings. The van der Waals surface area contributed by atoms with E-state index < -0.39 is 5.60 Å². The van der Waals surface area contributed by atoms with Gasteiger partial charge >= 0.3 is 5.97 Å². The molecule has 4 aliphatic carbocycles. The van der Waals surface area contributed by atoms with Gasteiger partial charge in [0, 0.05) is 32.7 Å². The normalized spacial score (nSPS) is 32.0. The third-order valence-corrected chi connectivity index (χ3v) is 7.89. The third-order valence-electron chi connectivity index (χ3n) is 7.65.